The molecule has 25 heavy (non-hydrogen) atoms. The van der Waals surface area contributed by atoms with Gasteiger partial charge in [-0.2, -0.15) is 0 Å². The van der Waals surface area contributed by atoms with Gasteiger partial charge in [0.15, 0.2) is 0 Å². The van der Waals surface area contributed by atoms with Crippen molar-refractivity contribution < 1.29 is 9.66 Å². The average Bonchev–Trinajstić information content (AvgIpc) is 2.99. The van der Waals surface area contributed by atoms with Gasteiger partial charge in [-0.3, -0.25) is 14.8 Å². The lowest BCUT2D eigenvalue weighted by atomic mass is 10.1. The van der Waals surface area contributed by atoms with E-state index in [-0.39, 0.29) is 5.69 Å². The van der Waals surface area contributed by atoms with Gasteiger partial charge in [-0.1, -0.05) is 12.8 Å². The number of aryl methyl sites for hydroxylation is 1. The lowest BCUT2D eigenvalue weighted by Crippen LogP contribution is -2.30. The van der Waals surface area contributed by atoms with Crippen LogP contribution in [0.1, 0.15) is 38.5 Å². The molecular formula is C18H26N4O3. The van der Waals surface area contributed by atoms with Gasteiger partial charge in [-0.15, -0.1) is 5.10 Å². The highest BCUT2D eigenvalue weighted by Gasteiger charge is 2.15. The SMILES string of the molecule is COc1nn(CCCCCN2CCCCC2)c2ccc([N+](=O)[O-])cc12. The Bertz CT molecular complexity index is 722. The number of nitro benzene ring substituents is 1. The van der Waals surface area contributed by atoms with Gasteiger partial charge >= 0.3 is 0 Å². The second-order valence-electron chi connectivity index (χ2n) is 6.65. The van der Waals surface area contributed by atoms with E-state index in [9.17, 15) is 10.1 Å². The van der Waals surface area contributed by atoms with Crippen molar-refractivity contribution in [1.29, 1.82) is 0 Å². The number of likely N-dealkylation sites (tertiary alicyclic amines) is 1. The Morgan fingerprint density at radius 1 is 1.16 bits per heavy atom. The molecule has 0 radical (unpaired) electrons. The molecule has 0 atom stereocenters. The van der Waals surface area contributed by atoms with Crippen molar-refractivity contribution >= 4 is 16.6 Å². The molecule has 2 aromatic rings. The molecule has 0 unspecified atom stereocenters. The van der Waals surface area contributed by atoms with Crippen molar-refractivity contribution in [1.82, 2.24) is 14.7 Å². The molecule has 136 valence electrons. The van der Waals surface area contributed by atoms with E-state index in [2.05, 4.69) is 10.00 Å². The van der Waals surface area contributed by atoms with Gasteiger partial charge in [0.05, 0.1) is 22.9 Å². The van der Waals surface area contributed by atoms with Crippen molar-refractivity contribution in [2.75, 3.05) is 26.7 Å². The number of fused-ring (bicyclic) bond motifs is 1. The van der Waals surface area contributed by atoms with Gasteiger partial charge in [0.25, 0.3) is 5.69 Å². The smallest absolute Gasteiger partial charge is 0.270 e. The van der Waals surface area contributed by atoms with Gasteiger partial charge in [-0.05, 0) is 51.4 Å². The Morgan fingerprint density at radius 3 is 2.64 bits per heavy atom. The van der Waals surface area contributed by atoms with Gasteiger partial charge in [0, 0.05) is 18.7 Å². The third kappa shape index (κ3) is 4.28. The highest BCUT2D eigenvalue weighted by Crippen LogP contribution is 2.28. The van der Waals surface area contributed by atoms with Gasteiger partial charge in [0.1, 0.15) is 0 Å². The normalized spacial score (nSPS) is 15.6. The highest BCUT2D eigenvalue weighted by molar-refractivity contribution is 5.86. The molecule has 0 amide bonds. The molecule has 2 heterocycles. The molecule has 0 spiro atoms. The van der Waals surface area contributed by atoms with E-state index < -0.39 is 4.92 Å². The van der Waals surface area contributed by atoms with Gasteiger partial charge in [-0.25, -0.2) is 0 Å². The number of nitro groups is 1. The number of piperidine rings is 1. The summed E-state index contributed by atoms with van der Waals surface area (Å²) in [5, 5.41) is 16.1. The van der Waals surface area contributed by atoms with E-state index in [1.807, 2.05) is 4.68 Å². The van der Waals surface area contributed by atoms with Crippen molar-refractivity contribution in [3.8, 4) is 5.88 Å². The first-order valence-corrected chi connectivity index (χ1v) is 9.10. The fraction of sp³-hybridized carbons (Fsp3) is 0.611. The molecule has 1 fully saturated rings. The summed E-state index contributed by atoms with van der Waals surface area (Å²) in [5.41, 5.74) is 0.949. The van der Waals surface area contributed by atoms with Crippen LogP contribution in [0.15, 0.2) is 18.2 Å². The molecule has 7 heteroatoms. The maximum absolute atomic E-state index is 11.0. The second kappa shape index (κ2) is 8.29. The van der Waals surface area contributed by atoms with Crippen LogP contribution in [0.3, 0.4) is 0 Å². The molecule has 1 saturated heterocycles. The maximum atomic E-state index is 11.0. The minimum absolute atomic E-state index is 0.0619. The molecule has 1 aromatic carbocycles. The van der Waals surface area contributed by atoms with Crippen LogP contribution in [-0.4, -0.2) is 46.3 Å². The largest absolute Gasteiger partial charge is 0.479 e. The summed E-state index contributed by atoms with van der Waals surface area (Å²) in [6.07, 6.45) is 7.47. The lowest BCUT2D eigenvalue weighted by molar-refractivity contribution is -0.384. The number of aromatic nitrogens is 2. The van der Waals surface area contributed by atoms with E-state index in [1.54, 1.807) is 13.2 Å². The Labute approximate surface area is 147 Å². The Kier molecular flexibility index (Phi) is 5.86. The number of rotatable bonds is 8. The number of hydrogen-bond donors (Lipinski definition) is 0. The van der Waals surface area contributed by atoms with Crippen LogP contribution < -0.4 is 4.74 Å². The molecule has 7 nitrogen and oxygen atoms in total. The molecule has 0 bridgehead atoms. The number of benzene rings is 1. The second-order valence-corrected chi connectivity index (χ2v) is 6.65. The molecule has 0 N–H and O–H groups in total. The summed E-state index contributed by atoms with van der Waals surface area (Å²) in [6, 6.07) is 4.82. The molecule has 1 aliphatic rings. The fourth-order valence-corrected chi connectivity index (χ4v) is 3.53. The highest BCUT2D eigenvalue weighted by atomic mass is 16.6. The third-order valence-electron chi connectivity index (χ3n) is 4.90. The molecule has 1 aromatic heterocycles. The van der Waals surface area contributed by atoms with Gasteiger partial charge < -0.3 is 9.64 Å². The van der Waals surface area contributed by atoms with Crippen molar-refractivity contribution in [2.24, 2.45) is 0 Å². The van der Waals surface area contributed by atoms with Crippen LogP contribution in [0.2, 0.25) is 0 Å². The summed E-state index contributed by atoms with van der Waals surface area (Å²) >= 11 is 0. The molecule has 3 rings (SSSR count). The Balaban J connectivity index is 1.56. The van der Waals surface area contributed by atoms with Gasteiger partial charge in [0.2, 0.25) is 5.88 Å². The van der Waals surface area contributed by atoms with Crippen molar-refractivity contribution in [3.05, 3.63) is 28.3 Å². The summed E-state index contributed by atoms with van der Waals surface area (Å²) in [6.45, 7) is 4.49. The molecule has 1 aliphatic heterocycles. The summed E-state index contributed by atoms with van der Waals surface area (Å²) in [4.78, 5) is 13.1. The van der Waals surface area contributed by atoms with Crippen LogP contribution in [-0.2, 0) is 6.54 Å². The standard InChI is InChI=1S/C18H26N4O3/c1-25-18-16-14-15(22(23)24)8-9-17(16)21(19-18)13-7-3-6-12-20-10-4-2-5-11-20/h8-9,14H,2-7,10-13H2,1H3. The Hall–Kier alpha value is -2.15. The number of methoxy groups -OCH3 is 1. The van der Waals surface area contributed by atoms with Crippen LogP contribution in [0.5, 0.6) is 5.88 Å². The lowest BCUT2D eigenvalue weighted by Gasteiger charge is -2.26. The van der Waals surface area contributed by atoms with E-state index in [4.69, 9.17) is 4.74 Å². The average molecular weight is 346 g/mol. The Morgan fingerprint density at radius 2 is 1.92 bits per heavy atom. The number of hydrogen-bond acceptors (Lipinski definition) is 5. The number of ether oxygens (including phenoxy) is 1. The minimum atomic E-state index is -0.392. The van der Waals surface area contributed by atoms with Crippen molar-refractivity contribution in [3.63, 3.8) is 0 Å². The topological polar surface area (TPSA) is 73.4 Å². The molecule has 0 aliphatic carbocycles. The zero-order chi connectivity index (χ0) is 17.6. The summed E-state index contributed by atoms with van der Waals surface area (Å²) in [7, 11) is 1.55. The molecule has 0 saturated carbocycles. The number of nitrogens with zero attached hydrogens (tertiary/aromatic N) is 4. The first-order chi connectivity index (χ1) is 12.2. The first-order valence-electron chi connectivity index (χ1n) is 9.10. The monoisotopic (exact) mass is 346 g/mol. The number of non-ortho nitro benzene ring substituents is 1. The van der Waals surface area contributed by atoms with E-state index in [0.29, 0.717) is 11.3 Å². The zero-order valence-electron chi connectivity index (χ0n) is 14.8. The minimum Gasteiger partial charge on any atom is -0.479 e. The van der Waals surface area contributed by atoms with Crippen LogP contribution in [0.4, 0.5) is 5.69 Å². The fourth-order valence-electron chi connectivity index (χ4n) is 3.53. The van der Waals surface area contributed by atoms with Crippen molar-refractivity contribution in [2.45, 2.75) is 45.1 Å². The van der Waals surface area contributed by atoms with E-state index in [0.717, 1.165) is 24.9 Å². The zero-order valence-corrected chi connectivity index (χ0v) is 14.8. The first kappa shape index (κ1) is 17.7. The predicted molar refractivity (Wildman–Crippen MR) is 97.1 cm³/mol. The quantitative estimate of drug-likeness (QED) is 0.415. The van der Waals surface area contributed by atoms with E-state index >= 15 is 0 Å². The molecular weight excluding hydrogens is 320 g/mol. The maximum Gasteiger partial charge on any atom is 0.270 e. The summed E-state index contributed by atoms with van der Waals surface area (Å²) < 4.78 is 7.19. The van der Waals surface area contributed by atoms with E-state index in [1.165, 1.54) is 57.5 Å². The van der Waals surface area contributed by atoms with Crippen LogP contribution >= 0.6 is 0 Å². The summed E-state index contributed by atoms with van der Waals surface area (Å²) in [5.74, 6) is 0.451. The third-order valence-corrected chi connectivity index (χ3v) is 4.90. The van der Waals surface area contributed by atoms with Crippen LogP contribution in [0, 0.1) is 10.1 Å². The predicted octanol–water partition coefficient (Wildman–Crippen LogP) is 3.61. The van der Waals surface area contributed by atoms with Crippen LogP contribution in [0.25, 0.3) is 10.9 Å². The number of unbranched alkanes of at least 4 members (excludes halogenated alkanes) is 2.